The third kappa shape index (κ3) is 1.74. The second kappa shape index (κ2) is 3.66. The van der Waals surface area contributed by atoms with Crippen LogP contribution in [0.3, 0.4) is 0 Å². The zero-order valence-corrected chi connectivity index (χ0v) is 9.79. The van der Waals surface area contributed by atoms with Gasteiger partial charge >= 0.3 is 5.97 Å². The van der Waals surface area contributed by atoms with E-state index in [9.17, 15) is 4.79 Å². The minimum atomic E-state index is -0.433. The Labute approximate surface area is 94.4 Å². The van der Waals surface area contributed by atoms with Gasteiger partial charge in [0, 0.05) is 11.4 Å². The highest BCUT2D eigenvalue weighted by atomic mass is 79.9. The van der Waals surface area contributed by atoms with E-state index >= 15 is 0 Å². The van der Waals surface area contributed by atoms with Gasteiger partial charge in [0.2, 0.25) is 0 Å². The highest BCUT2D eigenvalue weighted by Crippen LogP contribution is 2.25. The van der Waals surface area contributed by atoms with Crippen molar-refractivity contribution in [2.45, 2.75) is 6.92 Å². The number of ether oxygens (including phenoxy) is 1. The van der Waals surface area contributed by atoms with E-state index in [-0.39, 0.29) is 0 Å². The molecule has 78 valence electrons. The molecular weight excluding hydrogens is 262 g/mol. The molecule has 0 fully saturated rings. The molecule has 0 aliphatic heterocycles. The molecule has 1 aromatic heterocycles. The summed E-state index contributed by atoms with van der Waals surface area (Å²) in [5.41, 5.74) is 1.48. The van der Waals surface area contributed by atoms with Gasteiger partial charge in [-0.2, -0.15) is 0 Å². The lowest BCUT2D eigenvalue weighted by molar-refractivity contribution is 0.0601. The molecule has 0 amide bonds. The summed E-state index contributed by atoms with van der Waals surface area (Å²) in [6, 6.07) is 3.44. The van der Waals surface area contributed by atoms with Crippen molar-refractivity contribution in [3.63, 3.8) is 0 Å². The van der Waals surface area contributed by atoms with Crippen LogP contribution < -0.4 is 0 Å². The first-order valence-electron chi connectivity index (χ1n) is 4.27. The van der Waals surface area contributed by atoms with Crippen LogP contribution in [0.25, 0.3) is 11.1 Å². The van der Waals surface area contributed by atoms with Crippen LogP contribution in [0, 0.1) is 6.92 Å². The van der Waals surface area contributed by atoms with Gasteiger partial charge in [-0.25, -0.2) is 9.78 Å². The first-order valence-corrected chi connectivity index (χ1v) is 5.06. The Morgan fingerprint density at radius 2 is 2.27 bits per heavy atom. The van der Waals surface area contributed by atoms with Crippen molar-refractivity contribution in [1.29, 1.82) is 0 Å². The number of carbonyl (C=O) groups is 1. The molecule has 0 atom stereocenters. The number of carbonyl (C=O) groups excluding carboxylic acids is 1. The number of esters is 1. The van der Waals surface area contributed by atoms with Crippen molar-refractivity contribution in [2.24, 2.45) is 0 Å². The molecular formula is C10H8BrNO3. The summed E-state index contributed by atoms with van der Waals surface area (Å²) in [6.45, 7) is 1.73. The number of methoxy groups -OCH3 is 1. The number of hydrogen-bond acceptors (Lipinski definition) is 4. The highest BCUT2D eigenvalue weighted by Gasteiger charge is 2.16. The van der Waals surface area contributed by atoms with Crippen molar-refractivity contribution in [1.82, 2.24) is 4.98 Å². The summed E-state index contributed by atoms with van der Waals surface area (Å²) >= 11 is 3.30. The quantitative estimate of drug-likeness (QED) is 0.747. The molecule has 2 rings (SSSR count). The fourth-order valence-electron chi connectivity index (χ4n) is 1.37. The van der Waals surface area contributed by atoms with Crippen LogP contribution in [0.2, 0.25) is 0 Å². The normalized spacial score (nSPS) is 10.6. The van der Waals surface area contributed by atoms with E-state index in [4.69, 9.17) is 4.42 Å². The summed E-state index contributed by atoms with van der Waals surface area (Å²) in [5, 5.41) is 0. The highest BCUT2D eigenvalue weighted by molar-refractivity contribution is 9.10. The van der Waals surface area contributed by atoms with Crippen molar-refractivity contribution >= 4 is 33.0 Å². The molecule has 0 spiro atoms. The number of aryl methyl sites for hydroxylation is 1. The molecule has 1 heterocycles. The lowest BCUT2D eigenvalue weighted by Gasteiger charge is -1.99. The van der Waals surface area contributed by atoms with E-state index in [0.29, 0.717) is 22.6 Å². The number of fused-ring (bicyclic) bond motifs is 1. The van der Waals surface area contributed by atoms with Crippen LogP contribution in [0.5, 0.6) is 0 Å². The van der Waals surface area contributed by atoms with Gasteiger partial charge in [-0.1, -0.05) is 15.9 Å². The summed E-state index contributed by atoms with van der Waals surface area (Å²) < 4.78 is 10.8. The third-order valence-corrected chi connectivity index (χ3v) is 2.42. The van der Waals surface area contributed by atoms with Crippen molar-refractivity contribution in [3.05, 3.63) is 28.1 Å². The zero-order chi connectivity index (χ0) is 11.0. The minimum absolute atomic E-state index is 0.377. The minimum Gasteiger partial charge on any atom is -0.465 e. The Hall–Kier alpha value is -1.36. The second-order valence-electron chi connectivity index (χ2n) is 3.03. The molecule has 0 saturated heterocycles. The second-order valence-corrected chi connectivity index (χ2v) is 3.94. The van der Waals surface area contributed by atoms with Crippen LogP contribution in [0.4, 0.5) is 0 Å². The maximum atomic E-state index is 11.5. The van der Waals surface area contributed by atoms with Gasteiger partial charge in [0.1, 0.15) is 11.1 Å². The fraction of sp³-hybridized carbons (Fsp3) is 0.200. The van der Waals surface area contributed by atoms with Gasteiger partial charge in [-0.05, 0) is 12.1 Å². The van der Waals surface area contributed by atoms with Gasteiger partial charge in [-0.3, -0.25) is 0 Å². The van der Waals surface area contributed by atoms with Gasteiger partial charge in [0.25, 0.3) is 0 Å². The number of rotatable bonds is 1. The van der Waals surface area contributed by atoms with Gasteiger partial charge in [0.05, 0.1) is 7.11 Å². The SMILES string of the molecule is COC(=O)c1cc(Br)cc2nc(C)oc12. The molecule has 2 aromatic rings. The van der Waals surface area contributed by atoms with E-state index in [0.717, 1.165) is 4.47 Å². The Morgan fingerprint density at radius 3 is 2.93 bits per heavy atom. The summed E-state index contributed by atoms with van der Waals surface area (Å²) in [6.07, 6.45) is 0. The molecule has 0 aliphatic carbocycles. The topological polar surface area (TPSA) is 52.3 Å². The third-order valence-electron chi connectivity index (χ3n) is 1.97. The maximum Gasteiger partial charge on any atom is 0.341 e. The molecule has 15 heavy (non-hydrogen) atoms. The van der Waals surface area contributed by atoms with Crippen LogP contribution in [0.1, 0.15) is 16.2 Å². The fourth-order valence-corrected chi connectivity index (χ4v) is 1.82. The van der Waals surface area contributed by atoms with Crippen LogP contribution >= 0.6 is 15.9 Å². The summed E-state index contributed by atoms with van der Waals surface area (Å²) in [5.74, 6) is 0.0886. The lowest BCUT2D eigenvalue weighted by atomic mass is 10.2. The van der Waals surface area contributed by atoms with E-state index in [1.54, 1.807) is 19.1 Å². The number of aromatic nitrogens is 1. The standard InChI is InChI=1S/C10H8BrNO3/c1-5-12-8-4-6(11)3-7(9(8)15-5)10(13)14-2/h3-4H,1-2H3. The molecule has 0 N–H and O–H groups in total. The van der Waals surface area contributed by atoms with Gasteiger partial charge in [0.15, 0.2) is 11.5 Å². The average Bonchev–Trinajstić information content (AvgIpc) is 2.55. The number of hydrogen-bond donors (Lipinski definition) is 0. The maximum absolute atomic E-state index is 11.5. The van der Waals surface area contributed by atoms with E-state index in [2.05, 4.69) is 25.7 Å². The van der Waals surface area contributed by atoms with Gasteiger partial charge in [-0.15, -0.1) is 0 Å². The van der Waals surface area contributed by atoms with Gasteiger partial charge < -0.3 is 9.15 Å². The number of benzene rings is 1. The molecule has 1 aromatic carbocycles. The lowest BCUT2D eigenvalue weighted by Crippen LogP contribution is -2.01. The van der Waals surface area contributed by atoms with Crippen molar-refractivity contribution in [3.8, 4) is 0 Å². The largest absolute Gasteiger partial charge is 0.465 e. The number of halogens is 1. The zero-order valence-electron chi connectivity index (χ0n) is 8.20. The Bertz CT molecular complexity index is 533. The average molecular weight is 270 g/mol. The number of oxazole rings is 1. The predicted molar refractivity (Wildman–Crippen MR) is 57.8 cm³/mol. The van der Waals surface area contributed by atoms with Crippen LogP contribution in [0.15, 0.2) is 21.0 Å². The smallest absolute Gasteiger partial charge is 0.341 e. The van der Waals surface area contributed by atoms with Crippen molar-refractivity contribution < 1.29 is 13.9 Å². The van der Waals surface area contributed by atoms with Crippen molar-refractivity contribution in [2.75, 3.05) is 7.11 Å². The Morgan fingerprint density at radius 1 is 1.53 bits per heavy atom. The molecule has 0 radical (unpaired) electrons. The Kier molecular flexibility index (Phi) is 2.48. The molecule has 0 saturated carbocycles. The summed E-state index contributed by atoms with van der Waals surface area (Å²) in [7, 11) is 1.33. The monoisotopic (exact) mass is 269 g/mol. The summed E-state index contributed by atoms with van der Waals surface area (Å²) in [4.78, 5) is 15.6. The van der Waals surface area contributed by atoms with E-state index in [1.165, 1.54) is 7.11 Å². The molecule has 0 unspecified atom stereocenters. The molecule has 4 nitrogen and oxygen atoms in total. The first kappa shape index (κ1) is 10.2. The predicted octanol–water partition coefficient (Wildman–Crippen LogP) is 2.69. The van der Waals surface area contributed by atoms with E-state index < -0.39 is 5.97 Å². The number of nitrogens with zero attached hydrogens (tertiary/aromatic N) is 1. The van der Waals surface area contributed by atoms with Crippen LogP contribution in [-0.4, -0.2) is 18.1 Å². The molecule has 5 heteroatoms. The van der Waals surface area contributed by atoms with E-state index in [1.807, 2.05) is 0 Å². The molecule has 0 bridgehead atoms. The molecule has 0 aliphatic rings. The Balaban J connectivity index is 2.75. The first-order chi connectivity index (χ1) is 7.11. The van der Waals surface area contributed by atoms with Crippen LogP contribution in [-0.2, 0) is 4.74 Å².